The zero-order chi connectivity index (χ0) is 24.6. The maximum Gasteiger partial charge on any atom is 0.410 e. The Labute approximate surface area is 215 Å². The number of fused-ring (bicyclic) bond motifs is 2. The molecule has 1 N–H and O–H groups in total. The van der Waals surface area contributed by atoms with E-state index in [1.165, 1.54) is 11.1 Å². The predicted octanol–water partition coefficient (Wildman–Crippen LogP) is 6.49. The topological polar surface area (TPSA) is 72.9 Å². The molecule has 3 aliphatic rings. The lowest BCUT2D eigenvalue weighted by Crippen LogP contribution is -2.41. The van der Waals surface area contributed by atoms with E-state index in [4.69, 9.17) is 14.2 Å². The largest absolute Gasteiger partial charge is 0.485 e. The van der Waals surface area contributed by atoms with Crippen LogP contribution in [0.4, 0.5) is 16.3 Å². The number of nitrogens with one attached hydrogen (secondary N) is 1. The van der Waals surface area contributed by atoms with Gasteiger partial charge in [-0.3, -0.25) is 0 Å². The van der Waals surface area contributed by atoms with Crippen molar-refractivity contribution in [3.05, 3.63) is 45.6 Å². The zero-order valence-electron chi connectivity index (χ0n) is 20.7. The van der Waals surface area contributed by atoms with Gasteiger partial charge in [0.25, 0.3) is 0 Å². The predicted molar refractivity (Wildman–Crippen MR) is 139 cm³/mol. The first kappa shape index (κ1) is 24.4. The number of rotatable bonds is 2. The van der Waals surface area contributed by atoms with Gasteiger partial charge in [-0.25, -0.2) is 9.78 Å². The third kappa shape index (κ3) is 5.43. The summed E-state index contributed by atoms with van der Waals surface area (Å²) in [6.45, 7) is 9.18. The molecule has 8 heteroatoms. The average Bonchev–Trinajstić information content (AvgIpc) is 3.03. The van der Waals surface area contributed by atoms with Crippen LogP contribution in [0.1, 0.15) is 75.0 Å². The summed E-state index contributed by atoms with van der Waals surface area (Å²) in [5.74, 6) is 2.52. The van der Waals surface area contributed by atoms with Gasteiger partial charge in [-0.05, 0) is 104 Å². The highest BCUT2D eigenvalue weighted by Crippen LogP contribution is 2.44. The second-order valence-electron chi connectivity index (χ2n) is 10.6. The molecule has 3 aliphatic heterocycles. The maximum atomic E-state index is 12.5. The Bertz CT molecular complexity index is 1090. The van der Waals surface area contributed by atoms with Crippen molar-refractivity contribution in [2.75, 3.05) is 31.6 Å². The lowest BCUT2D eigenvalue weighted by molar-refractivity contribution is 0.0205. The smallest absolute Gasteiger partial charge is 0.410 e. The van der Waals surface area contributed by atoms with Gasteiger partial charge in [0.2, 0.25) is 0 Å². The fraction of sp³-hybridized carbons (Fsp3) is 0.556. The van der Waals surface area contributed by atoms with Gasteiger partial charge in [0, 0.05) is 38.1 Å². The number of benzene rings is 1. The van der Waals surface area contributed by atoms with Gasteiger partial charge >= 0.3 is 6.09 Å². The lowest BCUT2D eigenvalue weighted by atomic mass is 9.89. The van der Waals surface area contributed by atoms with Gasteiger partial charge in [0.05, 0.1) is 10.2 Å². The third-order valence-corrected chi connectivity index (χ3v) is 7.64. The van der Waals surface area contributed by atoms with Crippen LogP contribution in [0.2, 0.25) is 0 Å². The third-order valence-electron chi connectivity index (χ3n) is 7.05. The second kappa shape index (κ2) is 9.97. The Kier molecular flexibility index (Phi) is 6.95. The number of pyridine rings is 1. The van der Waals surface area contributed by atoms with E-state index in [-0.39, 0.29) is 6.09 Å². The number of nitrogens with zero attached hydrogens (tertiary/aromatic N) is 2. The minimum Gasteiger partial charge on any atom is -0.485 e. The van der Waals surface area contributed by atoms with E-state index < -0.39 is 5.60 Å². The van der Waals surface area contributed by atoms with Gasteiger partial charge in [0.15, 0.2) is 5.75 Å². The number of halogens is 1. The van der Waals surface area contributed by atoms with Crippen LogP contribution >= 0.6 is 15.9 Å². The van der Waals surface area contributed by atoms with E-state index in [9.17, 15) is 4.79 Å². The molecule has 2 fully saturated rings. The molecular weight excluding hydrogens is 510 g/mol. The summed E-state index contributed by atoms with van der Waals surface area (Å²) >= 11 is 3.76. The number of hydrogen-bond acceptors (Lipinski definition) is 6. The molecule has 0 spiro atoms. The minimum atomic E-state index is -0.476. The number of amides is 1. The molecular formula is C27H34BrN3O4. The Hall–Kier alpha value is -2.32. The Morgan fingerprint density at radius 1 is 1.14 bits per heavy atom. The van der Waals surface area contributed by atoms with E-state index in [1.54, 1.807) is 0 Å². The number of hydrogen-bond donors (Lipinski definition) is 1. The molecule has 5 rings (SSSR count). The Balaban J connectivity index is 1.34. The number of anilines is 2. The van der Waals surface area contributed by atoms with E-state index in [2.05, 4.69) is 44.4 Å². The quantitative estimate of drug-likeness (QED) is 0.466. The van der Waals surface area contributed by atoms with Crippen LogP contribution in [-0.4, -0.2) is 47.9 Å². The number of piperidine rings is 1. The van der Waals surface area contributed by atoms with Crippen molar-refractivity contribution in [2.45, 2.75) is 70.5 Å². The molecule has 0 saturated carbocycles. The number of carbonyl (C=O) groups excluding carboxylic acids is 1. The highest BCUT2D eigenvalue weighted by molar-refractivity contribution is 9.10. The molecule has 2 aromatic rings. The van der Waals surface area contributed by atoms with E-state index in [0.29, 0.717) is 31.5 Å². The molecule has 0 radical (unpaired) electrons. The Morgan fingerprint density at radius 3 is 2.60 bits per heavy atom. The van der Waals surface area contributed by atoms with Gasteiger partial charge in [0.1, 0.15) is 18.0 Å². The molecule has 1 aromatic heterocycles. The summed E-state index contributed by atoms with van der Waals surface area (Å²) in [7, 11) is 0. The van der Waals surface area contributed by atoms with Crippen molar-refractivity contribution < 1.29 is 19.0 Å². The van der Waals surface area contributed by atoms with Crippen LogP contribution in [0.25, 0.3) is 0 Å². The SMILES string of the molecule is CC(C)(C)OC(=O)N1CCC(c2cc(Br)c3c(c2)Nc2nccc(C4CCOCC4)c2CO3)CC1. The standard InChI is InChI=1S/C27H34BrN3O4/c1-27(2,3)35-26(32)31-10-5-17(6-11-31)19-14-22(28)24-23(15-19)30-25-21(16-34-24)20(4-9-29-25)18-7-12-33-13-8-18/h4,9,14-15,17-18H,5-8,10-13,16H2,1-3H3,(H,29,30). The van der Waals surface area contributed by atoms with Crippen LogP contribution < -0.4 is 10.1 Å². The molecule has 0 bridgehead atoms. The summed E-state index contributed by atoms with van der Waals surface area (Å²) in [4.78, 5) is 18.9. The van der Waals surface area contributed by atoms with Gasteiger partial charge in [-0.2, -0.15) is 0 Å². The summed E-state index contributed by atoms with van der Waals surface area (Å²) in [5.41, 5.74) is 4.13. The van der Waals surface area contributed by atoms with Gasteiger partial charge in [-0.15, -0.1) is 0 Å². The fourth-order valence-electron chi connectivity index (χ4n) is 5.24. The van der Waals surface area contributed by atoms with Crippen molar-refractivity contribution in [3.8, 4) is 5.75 Å². The Morgan fingerprint density at radius 2 is 1.89 bits per heavy atom. The number of aromatic nitrogens is 1. The number of ether oxygens (including phenoxy) is 3. The van der Waals surface area contributed by atoms with Gasteiger partial charge in [-0.1, -0.05) is 0 Å². The van der Waals surface area contributed by atoms with Gasteiger partial charge < -0.3 is 24.4 Å². The molecule has 4 heterocycles. The normalized spacial score (nSPS) is 19.1. The van der Waals surface area contributed by atoms with Crippen LogP contribution in [0.5, 0.6) is 5.75 Å². The fourth-order valence-corrected chi connectivity index (χ4v) is 5.83. The lowest BCUT2D eigenvalue weighted by Gasteiger charge is -2.34. The van der Waals surface area contributed by atoms with Crippen molar-refractivity contribution in [2.24, 2.45) is 0 Å². The van der Waals surface area contributed by atoms with Crippen molar-refractivity contribution in [1.29, 1.82) is 0 Å². The van der Waals surface area contributed by atoms with Crippen LogP contribution in [0.3, 0.4) is 0 Å². The summed E-state index contributed by atoms with van der Waals surface area (Å²) < 4.78 is 18.4. The molecule has 0 atom stereocenters. The summed E-state index contributed by atoms with van der Waals surface area (Å²) in [5, 5.41) is 3.57. The molecule has 0 unspecified atom stereocenters. The monoisotopic (exact) mass is 543 g/mol. The molecule has 35 heavy (non-hydrogen) atoms. The van der Waals surface area contributed by atoms with Crippen molar-refractivity contribution in [1.82, 2.24) is 9.88 Å². The highest BCUT2D eigenvalue weighted by Gasteiger charge is 2.29. The maximum absolute atomic E-state index is 12.5. The molecule has 2 saturated heterocycles. The van der Waals surface area contributed by atoms with E-state index in [0.717, 1.165) is 66.2 Å². The molecule has 7 nitrogen and oxygen atoms in total. The molecule has 1 aromatic carbocycles. The molecule has 0 aliphatic carbocycles. The molecule has 188 valence electrons. The van der Waals surface area contributed by atoms with Crippen LogP contribution in [0, 0.1) is 0 Å². The average molecular weight is 544 g/mol. The first-order chi connectivity index (χ1) is 16.8. The first-order valence-electron chi connectivity index (χ1n) is 12.5. The summed E-state index contributed by atoms with van der Waals surface area (Å²) in [6.07, 6.45) is 5.52. The minimum absolute atomic E-state index is 0.225. The van der Waals surface area contributed by atoms with E-state index in [1.807, 2.05) is 31.9 Å². The van der Waals surface area contributed by atoms with Crippen LogP contribution in [0.15, 0.2) is 28.9 Å². The number of likely N-dealkylation sites (tertiary alicyclic amines) is 1. The highest BCUT2D eigenvalue weighted by atomic mass is 79.9. The van der Waals surface area contributed by atoms with Crippen molar-refractivity contribution >= 4 is 33.5 Å². The summed E-state index contributed by atoms with van der Waals surface area (Å²) in [6, 6.07) is 6.48. The zero-order valence-corrected chi connectivity index (χ0v) is 22.3. The van der Waals surface area contributed by atoms with Crippen molar-refractivity contribution in [3.63, 3.8) is 0 Å². The van der Waals surface area contributed by atoms with Crippen LogP contribution in [-0.2, 0) is 16.1 Å². The first-order valence-corrected chi connectivity index (χ1v) is 13.3. The number of carbonyl (C=O) groups is 1. The molecule has 1 amide bonds. The second-order valence-corrected chi connectivity index (χ2v) is 11.5. The van der Waals surface area contributed by atoms with E-state index >= 15 is 0 Å².